The van der Waals surface area contributed by atoms with Crippen LogP contribution in [0.25, 0.3) is 0 Å². The Morgan fingerprint density at radius 1 is 1.15 bits per heavy atom. The molecule has 0 unspecified atom stereocenters. The van der Waals surface area contributed by atoms with Crippen molar-refractivity contribution in [3.63, 3.8) is 0 Å². The van der Waals surface area contributed by atoms with E-state index >= 15 is 0 Å². The average molecular weight is 353 g/mol. The summed E-state index contributed by atoms with van der Waals surface area (Å²) in [5, 5.41) is 8.88. The highest BCUT2D eigenvalue weighted by Gasteiger charge is 2.25. The van der Waals surface area contributed by atoms with Crippen LogP contribution in [0.3, 0.4) is 0 Å². The first-order valence-corrected chi connectivity index (χ1v) is 8.80. The first-order chi connectivity index (χ1) is 12.5. The molecule has 1 aromatic heterocycles. The van der Waals surface area contributed by atoms with Crippen molar-refractivity contribution in [3.8, 4) is 0 Å². The Balaban J connectivity index is 1.62. The van der Waals surface area contributed by atoms with Gasteiger partial charge in [-0.2, -0.15) is 0 Å². The highest BCUT2D eigenvalue weighted by atomic mass is 16.4. The molecule has 1 N–H and O–H groups in total. The summed E-state index contributed by atoms with van der Waals surface area (Å²) in [5.74, 6) is 0.127. The number of carboxylic acid groups (broad SMARTS) is 1. The van der Waals surface area contributed by atoms with E-state index in [1.165, 1.54) is 0 Å². The molecule has 1 saturated heterocycles. The highest BCUT2D eigenvalue weighted by Crippen LogP contribution is 2.23. The van der Waals surface area contributed by atoms with Crippen molar-refractivity contribution in [1.82, 2.24) is 9.88 Å². The summed E-state index contributed by atoms with van der Waals surface area (Å²) in [6, 6.07) is 13.6. The van der Waals surface area contributed by atoms with Gasteiger partial charge in [0.25, 0.3) is 5.91 Å². The number of carboxylic acids is 1. The number of piperidine rings is 1. The van der Waals surface area contributed by atoms with Crippen molar-refractivity contribution in [3.05, 3.63) is 54.2 Å². The predicted octanol–water partition coefficient (Wildman–Crippen LogP) is 3.18. The number of benzene rings is 1. The number of rotatable bonds is 5. The number of nitrogens with zero attached hydrogens (tertiary/aromatic N) is 3. The van der Waals surface area contributed by atoms with E-state index in [4.69, 9.17) is 5.11 Å². The zero-order chi connectivity index (χ0) is 18.5. The second kappa shape index (κ2) is 7.99. The van der Waals surface area contributed by atoms with Gasteiger partial charge in [-0.3, -0.25) is 9.59 Å². The van der Waals surface area contributed by atoms with Crippen molar-refractivity contribution >= 4 is 23.4 Å². The summed E-state index contributed by atoms with van der Waals surface area (Å²) in [6.07, 6.45) is 3.27. The minimum absolute atomic E-state index is 0.0415. The molecule has 136 valence electrons. The molecule has 0 bridgehead atoms. The smallest absolute Gasteiger partial charge is 0.303 e. The highest BCUT2D eigenvalue weighted by molar-refractivity contribution is 5.94. The second-order valence-electron chi connectivity index (χ2n) is 6.63. The molecule has 1 amide bonds. The lowest BCUT2D eigenvalue weighted by atomic mass is 9.93. The van der Waals surface area contributed by atoms with Crippen molar-refractivity contribution < 1.29 is 14.7 Å². The number of likely N-dealkylation sites (tertiary alicyclic amines) is 1. The third kappa shape index (κ3) is 4.20. The molecule has 6 nitrogen and oxygen atoms in total. The van der Waals surface area contributed by atoms with Crippen LogP contribution in [0.1, 0.15) is 29.6 Å². The number of amides is 1. The molecule has 26 heavy (non-hydrogen) atoms. The number of carbonyl (C=O) groups excluding carboxylic acids is 1. The molecule has 0 aliphatic carbocycles. The van der Waals surface area contributed by atoms with Gasteiger partial charge in [-0.25, -0.2) is 4.98 Å². The van der Waals surface area contributed by atoms with Gasteiger partial charge in [-0.15, -0.1) is 0 Å². The molecule has 1 fully saturated rings. The maximum Gasteiger partial charge on any atom is 0.303 e. The summed E-state index contributed by atoms with van der Waals surface area (Å²) in [5.41, 5.74) is 1.59. The Bertz CT molecular complexity index is 754. The van der Waals surface area contributed by atoms with E-state index in [1.54, 1.807) is 17.2 Å². The zero-order valence-corrected chi connectivity index (χ0v) is 14.8. The summed E-state index contributed by atoms with van der Waals surface area (Å²) in [7, 11) is 1.94. The third-order valence-corrected chi connectivity index (χ3v) is 4.85. The standard InChI is InChI=1S/C20H23N3O3/c1-22(17-5-3-2-4-6-17)18-8-7-16(14-21-18)20(26)23-11-9-15(10-12-23)13-19(24)25/h2-8,14-15H,9-13H2,1H3,(H,24,25). The molecule has 0 spiro atoms. The van der Waals surface area contributed by atoms with Crippen molar-refractivity contribution in [2.75, 3.05) is 25.0 Å². The fourth-order valence-corrected chi connectivity index (χ4v) is 3.26. The maximum absolute atomic E-state index is 12.6. The lowest BCUT2D eigenvalue weighted by Crippen LogP contribution is -2.39. The van der Waals surface area contributed by atoms with Crippen LogP contribution < -0.4 is 4.90 Å². The summed E-state index contributed by atoms with van der Waals surface area (Å²) >= 11 is 0. The van der Waals surface area contributed by atoms with E-state index in [0.29, 0.717) is 18.7 Å². The monoisotopic (exact) mass is 353 g/mol. The lowest BCUT2D eigenvalue weighted by Gasteiger charge is -2.31. The van der Waals surface area contributed by atoms with Crippen molar-refractivity contribution in [1.29, 1.82) is 0 Å². The number of carbonyl (C=O) groups is 2. The van der Waals surface area contributed by atoms with Crippen LogP contribution in [0.2, 0.25) is 0 Å². The van der Waals surface area contributed by atoms with Gasteiger partial charge in [0, 0.05) is 38.4 Å². The van der Waals surface area contributed by atoms with E-state index in [9.17, 15) is 9.59 Å². The molecular weight excluding hydrogens is 330 g/mol. The van der Waals surface area contributed by atoms with Crippen molar-refractivity contribution in [2.45, 2.75) is 19.3 Å². The van der Waals surface area contributed by atoms with Crippen LogP contribution in [0.15, 0.2) is 48.7 Å². The van der Waals surface area contributed by atoms with Gasteiger partial charge < -0.3 is 14.9 Å². The Morgan fingerprint density at radius 2 is 1.85 bits per heavy atom. The topological polar surface area (TPSA) is 73.7 Å². The SMILES string of the molecule is CN(c1ccccc1)c1ccc(C(=O)N2CCC(CC(=O)O)CC2)cn1. The minimum Gasteiger partial charge on any atom is -0.481 e. The average Bonchev–Trinajstić information content (AvgIpc) is 2.68. The molecular formula is C20H23N3O3. The van der Waals surface area contributed by atoms with E-state index in [-0.39, 0.29) is 18.2 Å². The van der Waals surface area contributed by atoms with Crippen molar-refractivity contribution in [2.24, 2.45) is 5.92 Å². The Kier molecular flexibility index (Phi) is 5.51. The normalized spacial score (nSPS) is 14.9. The van der Waals surface area contributed by atoms with Gasteiger partial charge in [0.1, 0.15) is 5.82 Å². The predicted molar refractivity (Wildman–Crippen MR) is 99.6 cm³/mol. The molecule has 2 aromatic rings. The van der Waals surface area contributed by atoms with Gasteiger partial charge in [0.15, 0.2) is 0 Å². The third-order valence-electron chi connectivity index (χ3n) is 4.85. The summed E-state index contributed by atoms with van der Waals surface area (Å²) in [4.78, 5) is 31.6. The fraction of sp³-hybridized carbons (Fsp3) is 0.350. The van der Waals surface area contributed by atoms with Gasteiger partial charge in [-0.05, 0) is 43.0 Å². The second-order valence-corrected chi connectivity index (χ2v) is 6.63. The number of para-hydroxylation sites is 1. The largest absolute Gasteiger partial charge is 0.481 e. The van der Waals surface area contributed by atoms with E-state index in [0.717, 1.165) is 24.3 Å². The van der Waals surface area contributed by atoms with Gasteiger partial charge in [0.2, 0.25) is 0 Å². The van der Waals surface area contributed by atoms with Crippen LogP contribution in [0, 0.1) is 5.92 Å². The number of anilines is 2. The number of hydrogen-bond donors (Lipinski definition) is 1. The van der Waals surface area contributed by atoms with E-state index < -0.39 is 5.97 Å². The molecule has 0 radical (unpaired) electrons. The first kappa shape index (κ1) is 17.9. The molecule has 0 saturated carbocycles. The zero-order valence-electron chi connectivity index (χ0n) is 14.8. The molecule has 0 atom stereocenters. The summed E-state index contributed by atoms with van der Waals surface area (Å²) in [6.45, 7) is 1.20. The fourth-order valence-electron chi connectivity index (χ4n) is 3.26. The van der Waals surface area contributed by atoms with E-state index in [1.807, 2.05) is 48.3 Å². The van der Waals surface area contributed by atoms with Crippen LogP contribution >= 0.6 is 0 Å². The first-order valence-electron chi connectivity index (χ1n) is 8.80. The van der Waals surface area contributed by atoms with Crippen LogP contribution in [0.4, 0.5) is 11.5 Å². The molecule has 6 heteroatoms. The van der Waals surface area contributed by atoms with Crippen LogP contribution in [-0.2, 0) is 4.79 Å². The number of hydrogen-bond acceptors (Lipinski definition) is 4. The van der Waals surface area contributed by atoms with Gasteiger partial charge >= 0.3 is 5.97 Å². The molecule has 1 aliphatic heterocycles. The van der Waals surface area contributed by atoms with Crippen LogP contribution in [-0.4, -0.2) is 47.0 Å². The van der Waals surface area contributed by atoms with Gasteiger partial charge in [-0.1, -0.05) is 18.2 Å². The van der Waals surface area contributed by atoms with E-state index in [2.05, 4.69) is 4.98 Å². The number of pyridine rings is 1. The summed E-state index contributed by atoms with van der Waals surface area (Å²) < 4.78 is 0. The van der Waals surface area contributed by atoms with Crippen LogP contribution in [0.5, 0.6) is 0 Å². The molecule has 3 rings (SSSR count). The lowest BCUT2D eigenvalue weighted by molar-refractivity contribution is -0.138. The molecule has 1 aliphatic rings. The Hall–Kier alpha value is -2.89. The maximum atomic E-state index is 12.6. The quantitative estimate of drug-likeness (QED) is 0.894. The Morgan fingerprint density at radius 3 is 2.42 bits per heavy atom. The number of aliphatic carboxylic acids is 1. The molecule has 2 heterocycles. The van der Waals surface area contributed by atoms with Gasteiger partial charge in [0.05, 0.1) is 5.56 Å². The number of aromatic nitrogens is 1. The Labute approximate surface area is 153 Å². The molecule has 1 aromatic carbocycles. The minimum atomic E-state index is -0.767.